The maximum atomic E-state index is 13.4. The fourth-order valence-electron chi connectivity index (χ4n) is 3.19. The number of carbonyl (C=O) groups is 1. The lowest BCUT2D eigenvalue weighted by molar-refractivity contribution is 0.0859. The Morgan fingerprint density at radius 2 is 1.69 bits per heavy atom. The predicted molar refractivity (Wildman–Crippen MR) is 131 cm³/mol. The highest BCUT2D eigenvalue weighted by atomic mass is 35.5. The molecular formula is C23H26Cl2N2O4S. The maximum Gasteiger partial charge on any atom is 0.260 e. The van der Waals surface area contributed by atoms with Gasteiger partial charge >= 0.3 is 0 Å². The van der Waals surface area contributed by atoms with E-state index in [9.17, 15) is 4.79 Å². The normalized spacial score (nSPS) is 13.2. The van der Waals surface area contributed by atoms with E-state index in [1.54, 1.807) is 29.2 Å². The van der Waals surface area contributed by atoms with Gasteiger partial charge in [0.1, 0.15) is 0 Å². The lowest BCUT2D eigenvalue weighted by Crippen LogP contribution is -2.33. The van der Waals surface area contributed by atoms with E-state index >= 15 is 0 Å². The first-order valence-corrected chi connectivity index (χ1v) is 12.2. The second kappa shape index (κ2) is 11.7. The minimum Gasteiger partial charge on any atom is -0.490 e. The highest BCUT2D eigenvalue weighted by Crippen LogP contribution is 2.40. The third-order valence-electron chi connectivity index (χ3n) is 4.57. The predicted octanol–water partition coefficient (Wildman–Crippen LogP) is 5.93. The number of amidine groups is 1. The largest absolute Gasteiger partial charge is 0.490 e. The molecule has 0 atom stereocenters. The molecule has 172 valence electrons. The summed E-state index contributed by atoms with van der Waals surface area (Å²) in [4.78, 5) is 19.6. The van der Waals surface area contributed by atoms with Crippen molar-refractivity contribution in [3.05, 3.63) is 51.5 Å². The second-order valence-electron chi connectivity index (χ2n) is 6.75. The molecule has 1 heterocycles. The van der Waals surface area contributed by atoms with E-state index in [0.717, 1.165) is 5.56 Å². The fourth-order valence-corrected chi connectivity index (χ4v) is 4.79. The summed E-state index contributed by atoms with van der Waals surface area (Å²) in [5.74, 6) is 1.90. The van der Waals surface area contributed by atoms with Crippen LogP contribution in [-0.4, -0.2) is 48.9 Å². The van der Waals surface area contributed by atoms with E-state index < -0.39 is 0 Å². The molecule has 0 unspecified atom stereocenters. The molecule has 0 aliphatic carbocycles. The zero-order valence-corrected chi connectivity index (χ0v) is 20.6. The van der Waals surface area contributed by atoms with Gasteiger partial charge in [0.15, 0.2) is 16.7 Å². The topological polar surface area (TPSA) is 60.4 Å². The number of rotatable bonds is 9. The van der Waals surface area contributed by atoms with E-state index in [2.05, 4.69) is 4.99 Å². The van der Waals surface area contributed by atoms with Crippen molar-refractivity contribution < 1.29 is 19.0 Å². The van der Waals surface area contributed by atoms with Crippen LogP contribution in [0, 0.1) is 0 Å². The van der Waals surface area contributed by atoms with Crippen molar-refractivity contribution in [1.82, 2.24) is 4.90 Å². The quantitative estimate of drug-likeness (QED) is 0.430. The Hall–Kier alpha value is -2.09. The molecule has 0 bridgehead atoms. The van der Waals surface area contributed by atoms with E-state index in [1.807, 2.05) is 26.8 Å². The SMILES string of the molecule is CCOc1cc(C(=O)N2CCN=C2SCc2ccc(Cl)cc2Cl)cc(OCC)c1OCC. The van der Waals surface area contributed by atoms with Crippen LogP contribution < -0.4 is 14.2 Å². The minimum atomic E-state index is -0.166. The Kier molecular flexibility index (Phi) is 8.96. The molecule has 32 heavy (non-hydrogen) atoms. The van der Waals surface area contributed by atoms with E-state index in [4.69, 9.17) is 37.4 Å². The molecule has 0 saturated heterocycles. The number of nitrogens with zero attached hydrogens (tertiary/aromatic N) is 2. The molecule has 0 saturated carbocycles. The molecule has 1 amide bonds. The molecule has 6 nitrogen and oxygen atoms in total. The summed E-state index contributed by atoms with van der Waals surface area (Å²) in [5, 5.41) is 1.84. The number of carbonyl (C=O) groups excluding carboxylic acids is 1. The number of aliphatic imine (C=N–C) groups is 1. The Bertz CT molecular complexity index is 973. The summed E-state index contributed by atoms with van der Waals surface area (Å²) < 4.78 is 17.2. The third-order valence-corrected chi connectivity index (χ3v) is 6.22. The van der Waals surface area contributed by atoms with Crippen molar-refractivity contribution in [1.29, 1.82) is 0 Å². The molecule has 0 radical (unpaired) electrons. The molecule has 2 aromatic carbocycles. The van der Waals surface area contributed by atoms with Gasteiger partial charge in [-0.2, -0.15) is 0 Å². The van der Waals surface area contributed by atoms with Crippen molar-refractivity contribution in [2.45, 2.75) is 26.5 Å². The highest BCUT2D eigenvalue weighted by molar-refractivity contribution is 8.13. The molecule has 0 N–H and O–H groups in total. The first-order valence-electron chi connectivity index (χ1n) is 10.5. The van der Waals surface area contributed by atoms with Crippen LogP contribution in [-0.2, 0) is 5.75 Å². The van der Waals surface area contributed by atoms with Gasteiger partial charge in [-0.25, -0.2) is 0 Å². The van der Waals surface area contributed by atoms with Crippen LogP contribution in [0.4, 0.5) is 0 Å². The number of halogens is 2. The summed E-state index contributed by atoms with van der Waals surface area (Å²) in [6, 6.07) is 8.80. The summed E-state index contributed by atoms with van der Waals surface area (Å²) >= 11 is 13.7. The number of ether oxygens (including phenoxy) is 3. The van der Waals surface area contributed by atoms with Gasteiger partial charge in [-0.15, -0.1) is 0 Å². The number of benzene rings is 2. The van der Waals surface area contributed by atoms with Crippen LogP contribution in [0.3, 0.4) is 0 Å². The summed E-state index contributed by atoms with van der Waals surface area (Å²) in [7, 11) is 0. The van der Waals surface area contributed by atoms with Crippen LogP contribution in [0.25, 0.3) is 0 Å². The molecule has 9 heteroatoms. The van der Waals surface area contributed by atoms with Crippen LogP contribution in [0.5, 0.6) is 17.2 Å². The molecule has 1 aliphatic heterocycles. The lowest BCUT2D eigenvalue weighted by Gasteiger charge is -2.21. The zero-order valence-electron chi connectivity index (χ0n) is 18.3. The van der Waals surface area contributed by atoms with E-state index in [1.165, 1.54) is 11.8 Å². The molecule has 2 aromatic rings. The summed E-state index contributed by atoms with van der Waals surface area (Å²) in [5.41, 5.74) is 1.39. The summed E-state index contributed by atoms with van der Waals surface area (Å²) in [6.07, 6.45) is 0. The Morgan fingerprint density at radius 1 is 1.03 bits per heavy atom. The van der Waals surface area contributed by atoms with Crippen LogP contribution in [0.2, 0.25) is 10.0 Å². The first kappa shape index (κ1) is 24.6. The number of amides is 1. The smallest absolute Gasteiger partial charge is 0.260 e. The number of hydrogen-bond donors (Lipinski definition) is 0. The third kappa shape index (κ3) is 5.82. The van der Waals surface area contributed by atoms with Gasteiger partial charge in [-0.1, -0.05) is 41.0 Å². The Balaban J connectivity index is 1.82. The van der Waals surface area contributed by atoms with Gasteiger partial charge in [0.25, 0.3) is 5.91 Å². The molecule has 1 aliphatic rings. The van der Waals surface area contributed by atoms with E-state index in [-0.39, 0.29) is 5.91 Å². The van der Waals surface area contributed by atoms with Gasteiger partial charge in [-0.05, 0) is 50.6 Å². The van der Waals surface area contributed by atoms with Crippen molar-refractivity contribution in [2.24, 2.45) is 4.99 Å². The average molecular weight is 497 g/mol. The molecule has 3 rings (SSSR count). The minimum absolute atomic E-state index is 0.166. The maximum absolute atomic E-state index is 13.4. The van der Waals surface area contributed by atoms with Crippen molar-refractivity contribution in [3.8, 4) is 17.2 Å². The van der Waals surface area contributed by atoms with Gasteiger partial charge in [0.2, 0.25) is 5.75 Å². The number of hydrogen-bond acceptors (Lipinski definition) is 6. The van der Waals surface area contributed by atoms with Crippen molar-refractivity contribution >= 4 is 46.0 Å². The number of thioether (sulfide) groups is 1. The molecule has 0 spiro atoms. The Morgan fingerprint density at radius 3 is 2.28 bits per heavy atom. The molecular weight excluding hydrogens is 471 g/mol. The van der Waals surface area contributed by atoms with Crippen molar-refractivity contribution in [3.63, 3.8) is 0 Å². The second-order valence-corrected chi connectivity index (χ2v) is 8.53. The standard InChI is InChI=1S/C23H26Cl2N2O4S/c1-4-29-19-11-16(12-20(30-5-2)21(19)31-6-3)22(28)27-10-9-26-23(27)32-14-15-7-8-17(24)13-18(15)25/h7-8,11-13H,4-6,9-10,14H2,1-3H3. The van der Waals surface area contributed by atoms with E-state index in [0.29, 0.717) is 76.7 Å². The van der Waals surface area contributed by atoms with Gasteiger partial charge in [0, 0.05) is 27.9 Å². The fraction of sp³-hybridized carbons (Fsp3) is 0.391. The molecule has 0 fully saturated rings. The zero-order chi connectivity index (χ0) is 23.1. The van der Waals surface area contributed by atoms with Gasteiger partial charge in [-0.3, -0.25) is 14.7 Å². The van der Waals surface area contributed by atoms with Crippen LogP contribution in [0.15, 0.2) is 35.3 Å². The highest BCUT2D eigenvalue weighted by Gasteiger charge is 2.28. The Labute approximate surface area is 202 Å². The average Bonchev–Trinajstić information content (AvgIpc) is 3.23. The van der Waals surface area contributed by atoms with Gasteiger partial charge in [0.05, 0.1) is 26.4 Å². The summed E-state index contributed by atoms with van der Waals surface area (Å²) in [6.45, 7) is 8.06. The van der Waals surface area contributed by atoms with Crippen LogP contribution >= 0.6 is 35.0 Å². The monoisotopic (exact) mass is 496 g/mol. The lowest BCUT2D eigenvalue weighted by atomic mass is 10.1. The van der Waals surface area contributed by atoms with Crippen molar-refractivity contribution in [2.75, 3.05) is 32.9 Å². The first-order chi connectivity index (χ1) is 15.5. The van der Waals surface area contributed by atoms with Crippen LogP contribution in [0.1, 0.15) is 36.7 Å². The van der Waals surface area contributed by atoms with Gasteiger partial charge < -0.3 is 14.2 Å². The molecule has 0 aromatic heterocycles.